The van der Waals surface area contributed by atoms with E-state index in [0.29, 0.717) is 16.3 Å². The first-order chi connectivity index (χ1) is 10.2. The summed E-state index contributed by atoms with van der Waals surface area (Å²) in [5.74, 6) is 2.95. The Bertz CT molecular complexity index is 509. The molecule has 3 nitrogen and oxygen atoms in total. The van der Waals surface area contributed by atoms with Crippen LogP contribution in [0.3, 0.4) is 0 Å². The molecular weight excluding hydrogens is 308 g/mol. The Labute approximate surface area is 134 Å². The number of benzene rings is 1. The number of thioether (sulfide) groups is 1. The van der Waals surface area contributed by atoms with E-state index < -0.39 is 0 Å². The van der Waals surface area contributed by atoms with Crippen molar-refractivity contribution < 1.29 is 14.3 Å². The monoisotopic (exact) mass is 326 g/mol. The highest BCUT2D eigenvalue weighted by atomic mass is 35.5. The molecule has 0 radical (unpaired) electrons. The van der Waals surface area contributed by atoms with Gasteiger partial charge in [-0.1, -0.05) is 11.6 Å². The lowest BCUT2D eigenvalue weighted by Gasteiger charge is -2.43. The molecule has 0 amide bonds. The van der Waals surface area contributed by atoms with Crippen molar-refractivity contribution in [3.8, 4) is 5.75 Å². The van der Waals surface area contributed by atoms with E-state index in [4.69, 9.17) is 21.1 Å². The third-order valence-corrected chi connectivity index (χ3v) is 5.46. The van der Waals surface area contributed by atoms with Gasteiger partial charge in [-0.25, -0.2) is 0 Å². The topological polar surface area (TPSA) is 35.5 Å². The SMILES string of the molecule is O=Cc1cc(Cl)ccc1OC1CCOC2(CCSCC2)C1. The summed E-state index contributed by atoms with van der Waals surface area (Å²) in [6.07, 6.45) is 4.89. The van der Waals surface area contributed by atoms with Gasteiger partial charge >= 0.3 is 0 Å². The minimum Gasteiger partial charge on any atom is -0.489 e. The summed E-state index contributed by atoms with van der Waals surface area (Å²) in [5, 5.41) is 0.553. The Morgan fingerprint density at radius 3 is 2.95 bits per heavy atom. The van der Waals surface area contributed by atoms with E-state index >= 15 is 0 Å². The van der Waals surface area contributed by atoms with Crippen molar-refractivity contribution >= 4 is 29.6 Å². The zero-order chi connectivity index (χ0) is 14.7. The fraction of sp³-hybridized carbons (Fsp3) is 0.562. The first-order valence-corrected chi connectivity index (χ1v) is 8.87. The lowest BCUT2D eigenvalue weighted by Crippen LogP contribution is -2.46. The molecule has 3 rings (SSSR count). The van der Waals surface area contributed by atoms with Gasteiger partial charge in [-0.05, 0) is 42.5 Å². The zero-order valence-corrected chi connectivity index (χ0v) is 13.4. The number of carbonyl (C=O) groups is 1. The summed E-state index contributed by atoms with van der Waals surface area (Å²) in [7, 11) is 0. The van der Waals surface area contributed by atoms with Crippen molar-refractivity contribution in [1.82, 2.24) is 0 Å². The molecule has 1 aromatic rings. The second kappa shape index (κ2) is 6.59. The van der Waals surface area contributed by atoms with Crippen LogP contribution in [-0.2, 0) is 4.74 Å². The van der Waals surface area contributed by atoms with Gasteiger partial charge in [-0.15, -0.1) is 0 Å². The smallest absolute Gasteiger partial charge is 0.153 e. The van der Waals surface area contributed by atoms with E-state index in [0.717, 1.165) is 50.1 Å². The molecule has 21 heavy (non-hydrogen) atoms. The molecule has 2 fully saturated rings. The summed E-state index contributed by atoms with van der Waals surface area (Å²) in [6.45, 7) is 0.735. The maximum absolute atomic E-state index is 11.2. The molecule has 0 aliphatic carbocycles. The van der Waals surface area contributed by atoms with E-state index in [1.54, 1.807) is 18.2 Å². The van der Waals surface area contributed by atoms with Crippen LogP contribution >= 0.6 is 23.4 Å². The highest BCUT2D eigenvalue weighted by Gasteiger charge is 2.39. The van der Waals surface area contributed by atoms with Crippen molar-refractivity contribution in [2.75, 3.05) is 18.1 Å². The van der Waals surface area contributed by atoms with Crippen LogP contribution in [0.1, 0.15) is 36.0 Å². The largest absolute Gasteiger partial charge is 0.489 e. The Balaban J connectivity index is 1.71. The van der Waals surface area contributed by atoms with Gasteiger partial charge in [0.25, 0.3) is 0 Å². The predicted molar refractivity (Wildman–Crippen MR) is 85.7 cm³/mol. The van der Waals surface area contributed by atoms with Crippen molar-refractivity contribution in [3.63, 3.8) is 0 Å². The van der Waals surface area contributed by atoms with Gasteiger partial charge in [0.1, 0.15) is 11.9 Å². The maximum atomic E-state index is 11.2. The highest BCUT2D eigenvalue weighted by Crippen LogP contribution is 2.39. The Morgan fingerprint density at radius 2 is 2.19 bits per heavy atom. The zero-order valence-electron chi connectivity index (χ0n) is 11.8. The molecule has 0 aromatic heterocycles. The molecule has 2 saturated heterocycles. The van der Waals surface area contributed by atoms with E-state index in [9.17, 15) is 4.79 Å². The Hall–Kier alpha value is -0.710. The lowest BCUT2D eigenvalue weighted by atomic mass is 9.86. The molecule has 1 aromatic carbocycles. The van der Waals surface area contributed by atoms with Crippen LogP contribution in [0.4, 0.5) is 0 Å². The van der Waals surface area contributed by atoms with E-state index in [1.807, 2.05) is 11.8 Å². The summed E-state index contributed by atoms with van der Waals surface area (Å²) in [4.78, 5) is 11.2. The summed E-state index contributed by atoms with van der Waals surface area (Å²) in [6, 6.07) is 5.19. The van der Waals surface area contributed by atoms with Crippen LogP contribution in [0.2, 0.25) is 5.02 Å². The number of hydrogen-bond donors (Lipinski definition) is 0. The summed E-state index contributed by atoms with van der Waals surface area (Å²) in [5.41, 5.74) is 0.504. The number of ether oxygens (including phenoxy) is 2. The van der Waals surface area contributed by atoms with Crippen LogP contribution in [0.5, 0.6) is 5.75 Å². The number of rotatable bonds is 3. The van der Waals surface area contributed by atoms with Gasteiger partial charge in [0.2, 0.25) is 0 Å². The average molecular weight is 327 g/mol. The quantitative estimate of drug-likeness (QED) is 0.787. The van der Waals surface area contributed by atoms with Crippen LogP contribution in [0.15, 0.2) is 18.2 Å². The lowest BCUT2D eigenvalue weighted by molar-refractivity contribution is -0.116. The normalized spacial score (nSPS) is 24.7. The van der Waals surface area contributed by atoms with Gasteiger partial charge < -0.3 is 9.47 Å². The molecular formula is C16H19ClO3S. The average Bonchev–Trinajstić information content (AvgIpc) is 2.50. The second-order valence-corrected chi connectivity index (χ2v) is 7.34. The summed E-state index contributed by atoms with van der Waals surface area (Å²) < 4.78 is 12.1. The molecule has 114 valence electrons. The second-order valence-electron chi connectivity index (χ2n) is 5.68. The summed E-state index contributed by atoms with van der Waals surface area (Å²) >= 11 is 7.91. The molecule has 1 unspecified atom stereocenters. The first-order valence-electron chi connectivity index (χ1n) is 7.34. The molecule has 1 atom stereocenters. The van der Waals surface area contributed by atoms with Crippen LogP contribution in [0.25, 0.3) is 0 Å². The third kappa shape index (κ3) is 3.55. The number of hydrogen-bond acceptors (Lipinski definition) is 4. The van der Waals surface area contributed by atoms with E-state index in [2.05, 4.69) is 0 Å². The maximum Gasteiger partial charge on any atom is 0.153 e. The number of halogens is 1. The van der Waals surface area contributed by atoms with Crippen molar-refractivity contribution in [1.29, 1.82) is 0 Å². The van der Waals surface area contributed by atoms with Crippen molar-refractivity contribution in [2.24, 2.45) is 0 Å². The molecule has 2 heterocycles. The molecule has 2 aliphatic rings. The minimum atomic E-state index is -0.0120. The molecule has 0 saturated carbocycles. The number of carbonyl (C=O) groups excluding carboxylic acids is 1. The molecule has 5 heteroatoms. The number of aldehydes is 1. The Morgan fingerprint density at radius 1 is 1.38 bits per heavy atom. The Kier molecular flexibility index (Phi) is 4.77. The molecule has 2 aliphatic heterocycles. The fourth-order valence-electron chi connectivity index (χ4n) is 3.07. The van der Waals surface area contributed by atoms with Crippen LogP contribution in [0, 0.1) is 0 Å². The standard InChI is InChI=1S/C16H19ClO3S/c17-13-1-2-15(12(9-13)11-18)20-14-3-6-19-16(10-14)4-7-21-8-5-16/h1-2,9,11,14H,3-8,10H2. The van der Waals surface area contributed by atoms with Gasteiger partial charge in [-0.3, -0.25) is 4.79 Å². The van der Waals surface area contributed by atoms with Crippen molar-refractivity contribution in [3.05, 3.63) is 28.8 Å². The third-order valence-electron chi connectivity index (χ3n) is 4.24. The van der Waals surface area contributed by atoms with Gasteiger partial charge in [0.15, 0.2) is 6.29 Å². The van der Waals surface area contributed by atoms with Crippen molar-refractivity contribution in [2.45, 2.75) is 37.4 Å². The van der Waals surface area contributed by atoms with E-state index in [-0.39, 0.29) is 11.7 Å². The first kappa shape index (κ1) is 15.2. The molecule has 0 N–H and O–H groups in total. The fourth-order valence-corrected chi connectivity index (χ4v) is 4.49. The van der Waals surface area contributed by atoms with Gasteiger partial charge in [0.05, 0.1) is 17.8 Å². The van der Waals surface area contributed by atoms with Crippen LogP contribution in [-0.4, -0.2) is 36.1 Å². The van der Waals surface area contributed by atoms with Crippen LogP contribution < -0.4 is 4.74 Å². The van der Waals surface area contributed by atoms with E-state index in [1.165, 1.54) is 0 Å². The molecule has 1 spiro atoms. The minimum absolute atomic E-state index is 0.0120. The molecule has 0 bridgehead atoms. The van der Waals surface area contributed by atoms with Gasteiger partial charge in [-0.2, -0.15) is 11.8 Å². The highest BCUT2D eigenvalue weighted by molar-refractivity contribution is 7.99. The predicted octanol–water partition coefficient (Wildman–Crippen LogP) is 3.98. The van der Waals surface area contributed by atoms with Gasteiger partial charge in [0, 0.05) is 17.9 Å².